The van der Waals surface area contributed by atoms with Gasteiger partial charge in [-0.25, -0.2) is 9.97 Å². The molecule has 2 N–H and O–H groups in total. The molecule has 1 aromatic heterocycles. The van der Waals surface area contributed by atoms with E-state index in [1.165, 1.54) is 6.33 Å². The number of aromatic nitrogens is 2. The number of amides is 1. The maximum atomic E-state index is 12.3. The van der Waals surface area contributed by atoms with Crippen molar-refractivity contribution >= 4 is 34.8 Å². The SMILES string of the molecule is CN1CCC(N(C)c2ncnc(NNC(=O)c3ccc(Cl)cc3)c2[N+](=O)[O-])CC1. The maximum absolute atomic E-state index is 12.3. The number of hydrogen-bond acceptors (Lipinski definition) is 8. The lowest BCUT2D eigenvalue weighted by molar-refractivity contribution is -0.383. The number of nitrogens with zero attached hydrogens (tertiary/aromatic N) is 5. The smallest absolute Gasteiger partial charge is 0.351 e. The Labute approximate surface area is 173 Å². The van der Waals surface area contributed by atoms with Gasteiger partial charge in [0.2, 0.25) is 11.6 Å². The zero-order chi connectivity index (χ0) is 21.0. The summed E-state index contributed by atoms with van der Waals surface area (Å²) >= 11 is 5.82. The number of benzene rings is 1. The quantitative estimate of drug-likeness (QED) is 0.541. The highest BCUT2D eigenvalue weighted by atomic mass is 35.5. The standard InChI is InChI=1S/C18H22ClN7O3/c1-24-9-7-14(8-10-24)25(2)17-15(26(28)29)16(20-11-21-17)22-23-18(27)12-3-5-13(19)6-4-12/h3-6,11,14H,7-10H2,1-2H3,(H,23,27)(H,20,21,22). The number of anilines is 2. The van der Waals surface area contributed by atoms with Gasteiger partial charge in [-0.2, -0.15) is 0 Å². The second-order valence-corrected chi connectivity index (χ2v) is 7.32. The first-order chi connectivity index (χ1) is 13.9. The van der Waals surface area contributed by atoms with Crippen molar-refractivity contribution < 1.29 is 9.72 Å². The summed E-state index contributed by atoms with van der Waals surface area (Å²) in [4.78, 5) is 35.6. The minimum Gasteiger partial charge on any atom is -0.351 e. The molecular weight excluding hydrogens is 398 g/mol. The van der Waals surface area contributed by atoms with Crippen LogP contribution < -0.4 is 15.8 Å². The van der Waals surface area contributed by atoms with Crippen molar-refractivity contribution in [1.29, 1.82) is 0 Å². The molecule has 10 nitrogen and oxygen atoms in total. The van der Waals surface area contributed by atoms with Crippen LogP contribution in [0.25, 0.3) is 0 Å². The number of carbonyl (C=O) groups is 1. The molecule has 0 spiro atoms. The molecule has 29 heavy (non-hydrogen) atoms. The highest BCUT2D eigenvalue weighted by molar-refractivity contribution is 6.30. The topological polar surface area (TPSA) is 117 Å². The number of hydrogen-bond donors (Lipinski definition) is 2. The Kier molecular flexibility index (Phi) is 6.45. The van der Waals surface area contributed by atoms with Gasteiger partial charge in [-0.05, 0) is 57.2 Å². The lowest BCUT2D eigenvalue weighted by Crippen LogP contribution is -2.42. The number of rotatable bonds is 6. The summed E-state index contributed by atoms with van der Waals surface area (Å²) in [5.74, 6) is -0.343. The average molecular weight is 420 g/mol. The first-order valence-electron chi connectivity index (χ1n) is 9.09. The largest absolute Gasteiger partial charge is 0.355 e. The van der Waals surface area contributed by atoms with Gasteiger partial charge in [0.05, 0.1) is 4.92 Å². The molecule has 1 amide bonds. The second-order valence-electron chi connectivity index (χ2n) is 6.88. The molecule has 1 aliphatic rings. The van der Waals surface area contributed by atoms with Gasteiger partial charge in [-0.3, -0.25) is 25.8 Å². The highest BCUT2D eigenvalue weighted by Crippen LogP contribution is 2.33. The number of likely N-dealkylation sites (tertiary alicyclic amines) is 1. The van der Waals surface area contributed by atoms with Crippen LogP contribution in [0, 0.1) is 10.1 Å². The van der Waals surface area contributed by atoms with Crippen molar-refractivity contribution in [2.45, 2.75) is 18.9 Å². The van der Waals surface area contributed by atoms with Crippen molar-refractivity contribution in [3.63, 3.8) is 0 Å². The Balaban J connectivity index is 1.78. The summed E-state index contributed by atoms with van der Waals surface area (Å²) < 4.78 is 0. The van der Waals surface area contributed by atoms with E-state index in [1.807, 2.05) is 4.90 Å². The first kappa shape index (κ1) is 20.7. The molecule has 2 aromatic rings. The number of piperidine rings is 1. The Morgan fingerprint density at radius 1 is 1.28 bits per heavy atom. The summed E-state index contributed by atoms with van der Waals surface area (Å²) in [6.45, 7) is 1.83. The maximum Gasteiger partial charge on any atom is 0.355 e. The van der Waals surface area contributed by atoms with E-state index in [2.05, 4.69) is 32.8 Å². The number of hydrazine groups is 1. The molecule has 0 bridgehead atoms. The van der Waals surface area contributed by atoms with Gasteiger partial charge in [0.1, 0.15) is 6.33 Å². The third-order valence-electron chi connectivity index (χ3n) is 4.96. The van der Waals surface area contributed by atoms with Crippen molar-refractivity contribution in [3.05, 3.63) is 51.3 Å². The van der Waals surface area contributed by atoms with E-state index < -0.39 is 10.8 Å². The molecule has 1 saturated heterocycles. The van der Waals surface area contributed by atoms with E-state index >= 15 is 0 Å². The third-order valence-corrected chi connectivity index (χ3v) is 5.21. The minimum absolute atomic E-state index is 0.0814. The molecule has 11 heteroatoms. The Morgan fingerprint density at radius 2 is 1.93 bits per heavy atom. The van der Waals surface area contributed by atoms with Crippen LogP contribution in [0.2, 0.25) is 5.02 Å². The summed E-state index contributed by atoms with van der Waals surface area (Å²) in [5, 5.41) is 12.3. The summed E-state index contributed by atoms with van der Waals surface area (Å²) in [6, 6.07) is 6.40. The number of nitrogens with one attached hydrogen (secondary N) is 2. The molecule has 0 atom stereocenters. The Bertz CT molecular complexity index is 886. The van der Waals surface area contributed by atoms with Gasteiger partial charge >= 0.3 is 5.69 Å². The fourth-order valence-corrected chi connectivity index (χ4v) is 3.36. The van der Waals surface area contributed by atoms with Crippen LogP contribution in [0.3, 0.4) is 0 Å². The molecule has 3 rings (SSSR count). The van der Waals surface area contributed by atoms with Crippen molar-refractivity contribution in [2.75, 3.05) is 37.5 Å². The van der Waals surface area contributed by atoms with Crippen molar-refractivity contribution in [2.24, 2.45) is 0 Å². The predicted molar refractivity (Wildman–Crippen MR) is 110 cm³/mol. The van der Waals surface area contributed by atoms with Crippen molar-refractivity contribution in [1.82, 2.24) is 20.3 Å². The van der Waals surface area contributed by atoms with Crippen molar-refractivity contribution in [3.8, 4) is 0 Å². The van der Waals surface area contributed by atoms with Gasteiger partial charge < -0.3 is 9.80 Å². The van der Waals surface area contributed by atoms with E-state index in [9.17, 15) is 14.9 Å². The van der Waals surface area contributed by atoms with E-state index in [0.717, 1.165) is 25.9 Å². The van der Waals surface area contributed by atoms with Crippen LogP contribution in [0.5, 0.6) is 0 Å². The highest BCUT2D eigenvalue weighted by Gasteiger charge is 2.30. The zero-order valence-electron chi connectivity index (χ0n) is 16.1. The number of halogens is 1. The van der Waals surface area contributed by atoms with E-state index in [0.29, 0.717) is 10.6 Å². The van der Waals surface area contributed by atoms with Gasteiger partial charge in [0.25, 0.3) is 5.91 Å². The van der Waals surface area contributed by atoms with E-state index in [-0.39, 0.29) is 23.4 Å². The minimum atomic E-state index is -0.544. The molecule has 0 saturated carbocycles. The van der Waals surface area contributed by atoms with Crippen LogP contribution in [-0.2, 0) is 0 Å². The monoisotopic (exact) mass is 419 g/mol. The van der Waals surface area contributed by atoms with Gasteiger partial charge in [-0.1, -0.05) is 11.6 Å². The molecule has 1 fully saturated rings. The van der Waals surface area contributed by atoms with Crippen LogP contribution in [0.4, 0.5) is 17.3 Å². The summed E-state index contributed by atoms with van der Waals surface area (Å²) in [6.07, 6.45) is 3.00. The first-order valence-corrected chi connectivity index (χ1v) is 9.47. The van der Waals surface area contributed by atoms with Crippen LogP contribution in [0.1, 0.15) is 23.2 Å². The molecule has 1 aromatic carbocycles. The second kappa shape index (κ2) is 9.01. The van der Waals surface area contributed by atoms with Gasteiger partial charge in [0.15, 0.2) is 0 Å². The third kappa shape index (κ3) is 4.90. The molecule has 2 heterocycles. The van der Waals surface area contributed by atoms with Gasteiger partial charge in [0, 0.05) is 23.7 Å². The summed E-state index contributed by atoms with van der Waals surface area (Å²) in [7, 11) is 3.84. The normalized spacial score (nSPS) is 15.0. The van der Waals surface area contributed by atoms with Crippen LogP contribution in [0.15, 0.2) is 30.6 Å². The lowest BCUT2D eigenvalue weighted by Gasteiger charge is -2.35. The zero-order valence-corrected chi connectivity index (χ0v) is 16.9. The Morgan fingerprint density at radius 3 is 2.55 bits per heavy atom. The number of carbonyl (C=O) groups excluding carboxylic acids is 1. The molecule has 154 valence electrons. The molecule has 0 radical (unpaired) electrons. The lowest BCUT2D eigenvalue weighted by atomic mass is 10.0. The molecule has 1 aliphatic heterocycles. The van der Waals surface area contributed by atoms with Crippen LogP contribution >= 0.6 is 11.6 Å². The predicted octanol–water partition coefficient (Wildman–Crippen LogP) is 2.33. The molecule has 0 unspecified atom stereocenters. The van der Waals surface area contributed by atoms with E-state index in [1.54, 1.807) is 31.3 Å². The molecule has 0 aliphatic carbocycles. The fourth-order valence-electron chi connectivity index (χ4n) is 3.23. The van der Waals surface area contributed by atoms with E-state index in [4.69, 9.17) is 11.6 Å². The van der Waals surface area contributed by atoms with Crippen LogP contribution in [-0.4, -0.2) is 58.9 Å². The Hall–Kier alpha value is -2.98. The average Bonchev–Trinajstić information content (AvgIpc) is 2.72. The summed E-state index contributed by atoms with van der Waals surface area (Å²) in [5.41, 5.74) is 5.04. The van der Waals surface area contributed by atoms with Gasteiger partial charge in [-0.15, -0.1) is 0 Å². The fraction of sp³-hybridized carbons (Fsp3) is 0.389. The molecular formula is C18H22ClN7O3. The number of nitro groups is 1.